The van der Waals surface area contributed by atoms with Crippen LogP contribution in [0.25, 0.3) is 0 Å². The molecule has 0 amide bonds. The zero-order valence-electron chi connectivity index (χ0n) is 50.2. The Hall–Kier alpha value is -1.83. The number of allylic oxidation sites excluding steroid dienone is 2. The highest BCUT2D eigenvalue weighted by molar-refractivity contribution is 5.79. The minimum Gasteiger partial charge on any atom is -0.432 e. The molecule has 28 heteroatoms. The molecule has 0 radical (unpaired) electrons. The van der Waals surface area contributed by atoms with E-state index in [0.29, 0.717) is 57.8 Å². The molecular weight excluding hydrogens is 1160 g/mol. The van der Waals surface area contributed by atoms with Gasteiger partial charge in [-0.1, -0.05) is 53.2 Å². The van der Waals surface area contributed by atoms with E-state index < -0.39 is 209 Å². The molecule has 5 aliphatic heterocycles. The highest BCUT2D eigenvalue weighted by atomic mass is 16.8. The van der Waals surface area contributed by atoms with Gasteiger partial charge >= 0.3 is 5.97 Å². The van der Waals surface area contributed by atoms with Crippen molar-refractivity contribution in [2.45, 2.75) is 259 Å². The van der Waals surface area contributed by atoms with Gasteiger partial charge in [0.15, 0.2) is 25.2 Å². The van der Waals surface area contributed by atoms with Gasteiger partial charge in [0.05, 0.1) is 51.2 Å². The van der Waals surface area contributed by atoms with Crippen molar-refractivity contribution in [1.82, 2.24) is 0 Å². The van der Waals surface area contributed by atoms with Crippen LogP contribution >= 0.6 is 0 Å². The lowest BCUT2D eigenvalue weighted by Gasteiger charge is -2.71. The van der Waals surface area contributed by atoms with Crippen LogP contribution in [0.5, 0.6) is 0 Å². The van der Waals surface area contributed by atoms with E-state index in [1.807, 2.05) is 6.92 Å². The van der Waals surface area contributed by atoms with E-state index in [1.54, 1.807) is 0 Å². The number of fused-ring (bicyclic) bond motifs is 7. The van der Waals surface area contributed by atoms with Crippen LogP contribution in [0, 0.1) is 50.2 Å². The summed E-state index contributed by atoms with van der Waals surface area (Å²) < 4.78 is 58.5. The Labute approximate surface area is 504 Å². The number of aliphatic hydroxyl groups excluding tert-OH is 17. The Morgan fingerprint density at radius 1 is 0.529 bits per heavy atom. The number of esters is 1. The van der Waals surface area contributed by atoms with Crippen molar-refractivity contribution in [3.63, 3.8) is 0 Å². The number of carbonyl (C=O) groups is 1. The van der Waals surface area contributed by atoms with Gasteiger partial charge in [-0.15, -0.1) is 0 Å². The zero-order chi connectivity index (χ0) is 63.4. The van der Waals surface area contributed by atoms with Gasteiger partial charge in [-0.25, -0.2) is 0 Å². The highest BCUT2D eigenvalue weighted by Gasteiger charge is 2.71. The smallest absolute Gasteiger partial charge is 0.315 e. The summed E-state index contributed by atoms with van der Waals surface area (Å²) in [5, 5.41) is 182. The van der Waals surface area contributed by atoms with Gasteiger partial charge < -0.3 is 134 Å². The van der Waals surface area contributed by atoms with Crippen LogP contribution in [0.15, 0.2) is 11.6 Å². The predicted octanol–water partition coefficient (Wildman–Crippen LogP) is -4.60. The molecule has 0 aromatic carbocycles. The minimum atomic E-state index is -1.92. The number of ether oxygens (including phenoxy) is 10. The van der Waals surface area contributed by atoms with Crippen LogP contribution in [-0.2, 0) is 52.2 Å². The average molecular weight is 1250 g/mol. The van der Waals surface area contributed by atoms with Crippen LogP contribution in [0.4, 0.5) is 0 Å². The van der Waals surface area contributed by atoms with Crippen LogP contribution in [0.3, 0.4) is 0 Å². The lowest BCUT2D eigenvalue weighted by Crippen LogP contribution is -2.67. The summed E-state index contributed by atoms with van der Waals surface area (Å²) in [4.78, 5) is 15.1. The first-order valence-electron chi connectivity index (χ1n) is 30.9. The van der Waals surface area contributed by atoms with E-state index >= 15 is 4.79 Å². The Kier molecular flexibility index (Phi) is 19.9. The van der Waals surface area contributed by atoms with E-state index in [1.165, 1.54) is 5.57 Å². The molecule has 87 heavy (non-hydrogen) atoms. The summed E-state index contributed by atoms with van der Waals surface area (Å²) in [6.07, 6.45) is -32.1. The third-order valence-corrected chi connectivity index (χ3v) is 23.3. The van der Waals surface area contributed by atoms with Crippen molar-refractivity contribution in [1.29, 1.82) is 0 Å². The quantitative estimate of drug-likeness (QED) is 0.0417. The molecule has 10 aliphatic rings. The first-order chi connectivity index (χ1) is 40.9. The fraction of sp³-hybridized carbons (Fsp3) is 0.949. The van der Waals surface area contributed by atoms with E-state index in [9.17, 15) is 86.8 Å². The molecule has 9 fully saturated rings. The number of rotatable bonds is 15. The lowest BCUT2D eigenvalue weighted by molar-refractivity contribution is -0.375. The molecule has 5 saturated heterocycles. The Balaban J connectivity index is 0.798. The molecule has 5 aliphatic carbocycles. The van der Waals surface area contributed by atoms with Crippen LogP contribution in [0.2, 0.25) is 0 Å². The first-order valence-corrected chi connectivity index (χ1v) is 30.9. The van der Waals surface area contributed by atoms with Crippen molar-refractivity contribution >= 4 is 5.97 Å². The van der Waals surface area contributed by atoms with Gasteiger partial charge in [0.1, 0.15) is 116 Å². The molecule has 28 nitrogen and oxygen atoms in total. The van der Waals surface area contributed by atoms with Crippen LogP contribution in [-0.4, -0.2) is 286 Å². The third-order valence-electron chi connectivity index (χ3n) is 23.3. The van der Waals surface area contributed by atoms with Gasteiger partial charge in [-0.3, -0.25) is 4.79 Å². The number of hydrogen-bond donors (Lipinski definition) is 17. The monoisotopic (exact) mass is 1250 g/mol. The minimum absolute atomic E-state index is 0.0926. The SMILES string of the molecule is CC1(C)CC[C@]2(C(=O)O[C@@H]3O[C@H](CO[C@@H]4O[C@H](CO)[C@@H](O)[C@H](O)[C@H]4O)[C@@H](O)[C@H](O)[C@H]3O)CC[C@]3(C)C(=CC[C@@H]4[C@@]5(C)CCC(O[C@@H]6OC[C@H](O[C@@H]7O[C@H](CO)[C@@H](O[C@@H]8O[C@H](CO)[C@@H](O)[C@H](O)[C@H]8O)[C@H](O)[C@H]7O)[C@H](O)[C@H]6O)[C@@](C)(CO)[C@@H]5CC[C@]43C)[C@@H]2C1. The number of carbonyl (C=O) groups excluding carboxylic acids is 1. The van der Waals surface area contributed by atoms with Crippen molar-refractivity contribution < 1.29 is 139 Å². The van der Waals surface area contributed by atoms with Gasteiger partial charge in [0, 0.05) is 5.41 Å². The van der Waals surface area contributed by atoms with Crippen molar-refractivity contribution in [3.8, 4) is 0 Å². The van der Waals surface area contributed by atoms with Gasteiger partial charge in [0.25, 0.3) is 0 Å². The maximum Gasteiger partial charge on any atom is 0.315 e. The summed E-state index contributed by atoms with van der Waals surface area (Å²) >= 11 is 0. The Morgan fingerprint density at radius 2 is 1.07 bits per heavy atom. The molecule has 0 spiro atoms. The second-order valence-corrected chi connectivity index (χ2v) is 28.5. The predicted molar refractivity (Wildman–Crippen MR) is 291 cm³/mol. The van der Waals surface area contributed by atoms with Gasteiger partial charge in [0.2, 0.25) is 6.29 Å². The fourth-order valence-electron chi connectivity index (χ4n) is 17.6. The molecule has 0 bridgehead atoms. The summed E-state index contributed by atoms with van der Waals surface area (Å²) in [6.45, 7) is 9.76. The van der Waals surface area contributed by atoms with Crippen LogP contribution < -0.4 is 0 Å². The third kappa shape index (κ3) is 11.5. The topological polar surface area (TPSA) is 453 Å². The average Bonchev–Trinajstić information content (AvgIpc) is 0.681. The molecule has 33 atom stereocenters. The molecule has 500 valence electrons. The number of hydrogen-bond acceptors (Lipinski definition) is 28. The van der Waals surface area contributed by atoms with Crippen molar-refractivity contribution in [2.24, 2.45) is 50.2 Å². The van der Waals surface area contributed by atoms with Crippen molar-refractivity contribution in [2.75, 3.05) is 39.6 Å². The maximum absolute atomic E-state index is 15.1. The summed E-state index contributed by atoms with van der Waals surface area (Å²) in [7, 11) is 0. The molecule has 10 rings (SSSR count). The second-order valence-electron chi connectivity index (χ2n) is 28.5. The summed E-state index contributed by atoms with van der Waals surface area (Å²) in [5.41, 5.74) is -1.97. The van der Waals surface area contributed by atoms with Gasteiger partial charge in [-0.2, -0.15) is 0 Å². The molecule has 0 aromatic rings. The standard InChI is InChI=1S/C59H96O28/c1-54(2)13-15-59(53(77)87-52-45(75)40(70)36(66)29(84-52)21-78-48-43(73)38(68)34(64)26(18-60)80-48)16-14-57(5)24(25(59)17-54)7-8-32-55(3)11-10-33(56(4,23-63)31(55)9-12-58(32,57)6)85-49-42(72)37(67)30(22-79-49)83-50-46(76)41(71)47(28(20-62)82-50)86-51-44(74)39(69)35(65)27(19-61)81-51/h7,25-52,60-76H,8-23H2,1-6H3/t25-,26+,27+,28+,29+,30-,31+,32+,33?,34+,35+,36+,37-,38-,39-,40-,41+,42+,43+,44+,45+,46+,47+,48+,49-,50-,51-,52-,55-,56-,57+,58+,59-/m0/s1. The molecular formula is C59H96O28. The second kappa shape index (κ2) is 25.5. The van der Waals surface area contributed by atoms with Crippen LogP contribution in [0.1, 0.15) is 106 Å². The Morgan fingerprint density at radius 3 is 1.70 bits per heavy atom. The van der Waals surface area contributed by atoms with Gasteiger partial charge in [-0.05, 0) is 104 Å². The fourth-order valence-corrected chi connectivity index (χ4v) is 17.6. The molecule has 1 unspecified atom stereocenters. The zero-order valence-corrected chi connectivity index (χ0v) is 50.2. The maximum atomic E-state index is 15.1. The van der Waals surface area contributed by atoms with E-state index in [4.69, 9.17) is 47.4 Å². The van der Waals surface area contributed by atoms with Crippen molar-refractivity contribution in [3.05, 3.63) is 11.6 Å². The highest BCUT2D eigenvalue weighted by Crippen LogP contribution is 2.76. The van der Waals surface area contributed by atoms with E-state index in [0.717, 1.165) is 6.42 Å². The first kappa shape index (κ1) is 68.0. The lowest BCUT2D eigenvalue weighted by atomic mass is 9.33. The summed E-state index contributed by atoms with van der Waals surface area (Å²) in [5.74, 6) is -0.879. The molecule has 17 N–H and O–H groups in total. The molecule has 4 saturated carbocycles. The Bertz CT molecular complexity index is 2400. The molecule has 5 heterocycles. The summed E-state index contributed by atoms with van der Waals surface area (Å²) in [6, 6.07) is 0. The number of aliphatic hydroxyl groups is 17. The van der Waals surface area contributed by atoms with E-state index in [2.05, 4.69) is 40.7 Å². The normalized spacial score (nSPS) is 54.3. The molecule has 0 aromatic heterocycles. The largest absolute Gasteiger partial charge is 0.432 e. The van der Waals surface area contributed by atoms with E-state index in [-0.39, 0.29) is 40.6 Å².